The molecule has 5 heteroatoms. The molecule has 0 aliphatic heterocycles. The smallest absolute Gasteiger partial charge is 0.107 e. The lowest BCUT2D eigenvalue weighted by Gasteiger charge is -2.07. The molecule has 0 N–H and O–H groups in total. The molecule has 0 aliphatic rings. The fraction of sp³-hybridized carbons (Fsp3) is 0.0909. The summed E-state index contributed by atoms with van der Waals surface area (Å²) < 4.78 is 1.59. The molecule has 1 aromatic carbocycles. The van der Waals surface area contributed by atoms with E-state index in [4.69, 9.17) is 34.8 Å². The van der Waals surface area contributed by atoms with Crippen molar-refractivity contribution < 1.29 is 0 Å². The minimum absolute atomic E-state index is 0.215. The normalized spacial score (nSPS) is 12.8. The first-order valence-corrected chi connectivity index (χ1v) is 7.22. The molecule has 16 heavy (non-hydrogen) atoms. The molecule has 2 rings (SSSR count). The summed E-state index contributed by atoms with van der Waals surface area (Å²) in [7, 11) is 0. The second-order valence-corrected chi connectivity index (χ2v) is 6.60. The van der Waals surface area contributed by atoms with Crippen LogP contribution in [0.1, 0.15) is 15.8 Å². The third kappa shape index (κ3) is 2.74. The number of hydrogen-bond donors (Lipinski definition) is 0. The summed E-state index contributed by atoms with van der Waals surface area (Å²) in [4.78, 5) is 1.00. The van der Waals surface area contributed by atoms with Crippen LogP contribution in [0.2, 0.25) is 9.36 Å². The van der Waals surface area contributed by atoms with Gasteiger partial charge in [-0.2, -0.15) is 0 Å². The first-order chi connectivity index (χ1) is 7.58. The van der Waals surface area contributed by atoms with Gasteiger partial charge in [-0.15, -0.1) is 22.9 Å². The molecular formula is C11H6BrCl3S. The van der Waals surface area contributed by atoms with E-state index < -0.39 is 0 Å². The molecule has 0 saturated heterocycles. The van der Waals surface area contributed by atoms with Crippen LogP contribution in [-0.2, 0) is 0 Å². The number of thiophene rings is 1. The summed E-state index contributed by atoms with van der Waals surface area (Å²) >= 11 is 23.1. The Morgan fingerprint density at radius 3 is 2.50 bits per heavy atom. The topological polar surface area (TPSA) is 0 Å². The van der Waals surface area contributed by atoms with Crippen LogP contribution in [0.5, 0.6) is 0 Å². The molecule has 1 unspecified atom stereocenters. The average molecular weight is 356 g/mol. The van der Waals surface area contributed by atoms with Gasteiger partial charge in [-0.25, -0.2) is 0 Å². The summed E-state index contributed by atoms with van der Waals surface area (Å²) in [5.74, 6) is 0. The Bertz CT molecular complexity index is 490. The Morgan fingerprint density at radius 2 is 1.94 bits per heavy atom. The van der Waals surface area contributed by atoms with Gasteiger partial charge in [-0.3, -0.25) is 0 Å². The van der Waals surface area contributed by atoms with Crippen molar-refractivity contribution in [2.24, 2.45) is 0 Å². The van der Waals surface area contributed by atoms with Crippen molar-refractivity contribution in [3.63, 3.8) is 0 Å². The predicted molar refractivity (Wildman–Crippen MR) is 76.2 cm³/mol. The van der Waals surface area contributed by atoms with Crippen molar-refractivity contribution in [2.75, 3.05) is 0 Å². The largest absolute Gasteiger partial charge is 0.125 e. The Hall–Kier alpha value is 0.270. The molecule has 0 saturated carbocycles. The lowest BCUT2D eigenvalue weighted by Crippen LogP contribution is -1.89. The van der Waals surface area contributed by atoms with Gasteiger partial charge in [-0.1, -0.05) is 35.3 Å². The molecule has 0 nitrogen and oxygen atoms in total. The van der Waals surface area contributed by atoms with Gasteiger partial charge in [0.15, 0.2) is 0 Å². The van der Waals surface area contributed by atoms with E-state index in [0.29, 0.717) is 9.36 Å². The molecule has 1 heterocycles. The molecule has 0 bridgehead atoms. The maximum absolute atomic E-state index is 6.36. The van der Waals surface area contributed by atoms with Crippen molar-refractivity contribution >= 4 is 62.1 Å². The van der Waals surface area contributed by atoms with Gasteiger partial charge in [0.1, 0.15) is 4.34 Å². The number of halogens is 4. The van der Waals surface area contributed by atoms with Gasteiger partial charge in [0.2, 0.25) is 0 Å². The Kier molecular flexibility index (Phi) is 4.20. The van der Waals surface area contributed by atoms with Crippen molar-refractivity contribution in [3.8, 4) is 0 Å². The molecule has 0 aliphatic carbocycles. The molecule has 1 aromatic heterocycles. The molecule has 0 fully saturated rings. The summed E-state index contributed by atoms with van der Waals surface area (Å²) in [6, 6.07) is 9.46. The van der Waals surface area contributed by atoms with E-state index in [9.17, 15) is 0 Å². The summed E-state index contributed by atoms with van der Waals surface area (Å²) in [6.45, 7) is 0. The van der Waals surface area contributed by atoms with Crippen LogP contribution >= 0.6 is 62.1 Å². The number of hydrogen-bond acceptors (Lipinski definition) is 1. The Labute approximate surface area is 121 Å². The third-order valence-corrected chi connectivity index (χ3v) is 5.45. The van der Waals surface area contributed by atoms with Crippen LogP contribution in [0.15, 0.2) is 34.8 Å². The fourth-order valence-corrected chi connectivity index (χ4v) is 3.59. The maximum atomic E-state index is 6.36. The summed E-state index contributed by atoms with van der Waals surface area (Å²) in [6.07, 6.45) is 0. The van der Waals surface area contributed by atoms with Crippen LogP contribution in [0.25, 0.3) is 0 Å². The van der Waals surface area contributed by atoms with Crippen LogP contribution < -0.4 is 0 Å². The zero-order chi connectivity index (χ0) is 11.7. The minimum atomic E-state index is -0.215. The highest BCUT2D eigenvalue weighted by atomic mass is 79.9. The maximum Gasteiger partial charge on any atom is 0.107 e. The standard InChI is InChI=1S/C11H6BrCl3S/c12-8-5-9(16-11(8)15)10(14)6-2-1-3-7(13)4-6/h1-5,10H. The second kappa shape index (κ2) is 5.28. The number of rotatable bonds is 2. The van der Waals surface area contributed by atoms with Crippen LogP contribution in [0.3, 0.4) is 0 Å². The molecule has 84 valence electrons. The Balaban J connectivity index is 2.35. The van der Waals surface area contributed by atoms with E-state index in [2.05, 4.69) is 15.9 Å². The van der Waals surface area contributed by atoms with Gasteiger partial charge in [0, 0.05) is 14.4 Å². The zero-order valence-corrected chi connectivity index (χ0v) is 12.6. The van der Waals surface area contributed by atoms with Crippen molar-refractivity contribution in [2.45, 2.75) is 5.38 Å². The van der Waals surface area contributed by atoms with E-state index >= 15 is 0 Å². The molecule has 0 radical (unpaired) electrons. The van der Waals surface area contributed by atoms with Crippen LogP contribution in [-0.4, -0.2) is 0 Å². The monoisotopic (exact) mass is 354 g/mol. The molecule has 0 amide bonds. The van der Waals surface area contributed by atoms with E-state index in [0.717, 1.165) is 14.9 Å². The number of benzene rings is 1. The summed E-state index contributed by atoms with van der Waals surface area (Å²) in [5.41, 5.74) is 0.972. The highest BCUT2D eigenvalue weighted by molar-refractivity contribution is 9.10. The van der Waals surface area contributed by atoms with Crippen LogP contribution in [0, 0.1) is 0 Å². The van der Waals surface area contributed by atoms with Gasteiger partial charge < -0.3 is 0 Å². The quantitative estimate of drug-likeness (QED) is 0.567. The van der Waals surface area contributed by atoms with E-state index in [-0.39, 0.29) is 5.38 Å². The predicted octanol–water partition coefficient (Wildman–Crippen LogP) is 6.15. The van der Waals surface area contributed by atoms with Crippen molar-refractivity contribution in [1.29, 1.82) is 0 Å². The first kappa shape index (κ1) is 12.7. The van der Waals surface area contributed by atoms with E-state index in [1.54, 1.807) is 0 Å². The van der Waals surface area contributed by atoms with Crippen molar-refractivity contribution in [1.82, 2.24) is 0 Å². The van der Waals surface area contributed by atoms with Gasteiger partial charge in [0.25, 0.3) is 0 Å². The molecule has 1 atom stereocenters. The van der Waals surface area contributed by atoms with E-state index in [1.165, 1.54) is 11.3 Å². The Morgan fingerprint density at radius 1 is 1.19 bits per heavy atom. The fourth-order valence-electron chi connectivity index (χ4n) is 1.32. The SMILES string of the molecule is Clc1cccc(C(Cl)c2cc(Br)c(Cl)s2)c1. The first-order valence-electron chi connectivity index (χ1n) is 4.42. The summed E-state index contributed by atoms with van der Waals surface area (Å²) in [5, 5.41) is 0.470. The lowest BCUT2D eigenvalue weighted by atomic mass is 10.1. The second-order valence-electron chi connectivity index (χ2n) is 3.19. The third-order valence-electron chi connectivity index (χ3n) is 2.06. The minimum Gasteiger partial charge on any atom is -0.125 e. The lowest BCUT2D eigenvalue weighted by molar-refractivity contribution is 1.18. The highest BCUT2D eigenvalue weighted by Gasteiger charge is 2.15. The van der Waals surface area contributed by atoms with Crippen molar-refractivity contribution in [3.05, 3.63) is 54.6 Å². The van der Waals surface area contributed by atoms with Gasteiger partial charge in [-0.05, 0) is 39.7 Å². The van der Waals surface area contributed by atoms with Crippen LogP contribution in [0.4, 0.5) is 0 Å². The average Bonchev–Trinajstić information content (AvgIpc) is 2.58. The van der Waals surface area contributed by atoms with Gasteiger partial charge >= 0.3 is 0 Å². The molecule has 2 aromatic rings. The zero-order valence-electron chi connectivity index (χ0n) is 7.88. The highest BCUT2D eigenvalue weighted by Crippen LogP contribution is 2.40. The number of alkyl halides is 1. The molecular weight excluding hydrogens is 350 g/mol. The van der Waals surface area contributed by atoms with Gasteiger partial charge in [0.05, 0.1) is 5.38 Å². The van der Waals surface area contributed by atoms with E-state index in [1.807, 2.05) is 30.3 Å². The molecule has 0 spiro atoms.